The second-order valence-corrected chi connectivity index (χ2v) is 9.99. The van der Waals surface area contributed by atoms with Crippen LogP contribution in [0.2, 0.25) is 0 Å². The zero-order chi connectivity index (χ0) is 21.1. The zero-order valence-corrected chi connectivity index (χ0v) is 18.2. The Morgan fingerprint density at radius 3 is 2.43 bits per heavy atom. The van der Waals surface area contributed by atoms with Gasteiger partial charge in [0, 0.05) is 36.1 Å². The lowest BCUT2D eigenvalue weighted by Gasteiger charge is -2.19. The third-order valence-electron chi connectivity index (χ3n) is 6.01. The first-order valence-corrected chi connectivity index (χ1v) is 12.2. The van der Waals surface area contributed by atoms with Crippen LogP contribution in [-0.2, 0) is 10.0 Å². The summed E-state index contributed by atoms with van der Waals surface area (Å²) in [6.07, 6.45) is 6.26. The minimum Gasteiger partial charge on any atom is -0.372 e. The van der Waals surface area contributed by atoms with Gasteiger partial charge in [-0.3, -0.25) is 4.79 Å². The van der Waals surface area contributed by atoms with Gasteiger partial charge in [-0.2, -0.15) is 0 Å². The van der Waals surface area contributed by atoms with Crippen LogP contribution in [0.4, 0.5) is 11.4 Å². The van der Waals surface area contributed by atoms with E-state index in [-0.39, 0.29) is 16.8 Å². The molecule has 160 valence electrons. The highest BCUT2D eigenvalue weighted by atomic mass is 32.2. The number of benzene rings is 2. The number of carbonyl (C=O) groups is 1. The van der Waals surface area contributed by atoms with Gasteiger partial charge in [0.05, 0.1) is 4.90 Å². The summed E-state index contributed by atoms with van der Waals surface area (Å²) >= 11 is 0. The first-order chi connectivity index (χ1) is 14.4. The molecule has 0 atom stereocenters. The lowest BCUT2D eigenvalue weighted by Crippen LogP contribution is -2.32. The van der Waals surface area contributed by atoms with E-state index in [0.717, 1.165) is 50.0 Å². The van der Waals surface area contributed by atoms with Gasteiger partial charge in [0.1, 0.15) is 0 Å². The molecule has 2 N–H and O–H groups in total. The number of aryl methyl sites for hydroxylation is 1. The Balaban J connectivity index is 1.48. The van der Waals surface area contributed by atoms with Crippen LogP contribution in [0.5, 0.6) is 0 Å². The van der Waals surface area contributed by atoms with Crippen molar-refractivity contribution in [3.05, 3.63) is 53.6 Å². The summed E-state index contributed by atoms with van der Waals surface area (Å²) in [5.41, 5.74) is 3.22. The number of amides is 1. The maximum Gasteiger partial charge on any atom is 0.255 e. The molecule has 1 heterocycles. The molecule has 2 fully saturated rings. The van der Waals surface area contributed by atoms with E-state index < -0.39 is 10.0 Å². The molecule has 30 heavy (non-hydrogen) atoms. The van der Waals surface area contributed by atoms with Gasteiger partial charge in [-0.05, 0) is 74.6 Å². The van der Waals surface area contributed by atoms with Crippen molar-refractivity contribution in [2.75, 3.05) is 23.3 Å². The molecule has 2 aliphatic rings. The van der Waals surface area contributed by atoms with E-state index in [1.54, 1.807) is 12.1 Å². The van der Waals surface area contributed by atoms with Gasteiger partial charge in [-0.25, -0.2) is 13.1 Å². The fourth-order valence-corrected chi connectivity index (χ4v) is 5.64. The van der Waals surface area contributed by atoms with Gasteiger partial charge in [0.15, 0.2) is 0 Å². The average molecular weight is 428 g/mol. The molecule has 0 aromatic heterocycles. The lowest BCUT2D eigenvalue weighted by atomic mass is 10.1. The van der Waals surface area contributed by atoms with Crippen molar-refractivity contribution >= 4 is 27.3 Å². The molecule has 0 spiro atoms. The topological polar surface area (TPSA) is 78.5 Å². The number of carbonyl (C=O) groups excluding carboxylic acids is 1. The van der Waals surface area contributed by atoms with Crippen molar-refractivity contribution in [1.82, 2.24) is 4.72 Å². The van der Waals surface area contributed by atoms with Gasteiger partial charge in [-0.1, -0.05) is 18.9 Å². The highest BCUT2D eigenvalue weighted by Gasteiger charge is 2.23. The zero-order valence-electron chi connectivity index (χ0n) is 17.4. The standard InChI is InChI=1S/C23H29N3O3S/c1-17-15-20(26-13-4-5-14-26)11-12-22(17)24-23(27)18-7-6-10-21(16-18)30(28,29)25-19-8-2-3-9-19/h6-7,10-12,15-16,19,25H,2-5,8-9,13-14H2,1H3,(H,24,27). The van der Waals surface area contributed by atoms with Crippen LogP contribution in [0.3, 0.4) is 0 Å². The molecule has 0 bridgehead atoms. The molecule has 1 aliphatic heterocycles. The first kappa shape index (κ1) is 20.9. The Labute approximate surface area is 178 Å². The van der Waals surface area contributed by atoms with E-state index in [1.807, 2.05) is 19.1 Å². The third-order valence-corrected chi connectivity index (χ3v) is 7.53. The Kier molecular flexibility index (Phi) is 6.11. The van der Waals surface area contributed by atoms with E-state index in [4.69, 9.17) is 0 Å². The second kappa shape index (κ2) is 8.78. The van der Waals surface area contributed by atoms with Crippen LogP contribution in [0, 0.1) is 6.92 Å². The van der Waals surface area contributed by atoms with Crippen molar-refractivity contribution in [3.63, 3.8) is 0 Å². The second-order valence-electron chi connectivity index (χ2n) is 8.28. The molecule has 1 saturated heterocycles. The molecule has 2 aromatic rings. The molecule has 1 aliphatic carbocycles. The number of rotatable bonds is 6. The Bertz CT molecular complexity index is 1020. The van der Waals surface area contributed by atoms with Gasteiger partial charge in [0.25, 0.3) is 5.91 Å². The highest BCUT2D eigenvalue weighted by molar-refractivity contribution is 7.89. The molecule has 7 heteroatoms. The molecule has 1 saturated carbocycles. The highest BCUT2D eigenvalue weighted by Crippen LogP contribution is 2.26. The molecule has 4 rings (SSSR count). The van der Waals surface area contributed by atoms with E-state index >= 15 is 0 Å². The Morgan fingerprint density at radius 1 is 1.00 bits per heavy atom. The van der Waals surface area contributed by atoms with Crippen molar-refractivity contribution < 1.29 is 13.2 Å². The fourth-order valence-electron chi connectivity index (χ4n) is 4.29. The summed E-state index contributed by atoms with van der Waals surface area (Å²) in [6.45, 7) is 4.12. The van der Waals surface area contributed by atoms with Gasteiger partial charge in [-0.15, -0.1) is 0 Å². The quantitative estimate of drug-likeness (QED) is 0.728. The number of hydrogen-bond donors (Lipinski definition) is 2. The number of nitrogens with zero attached hydrogens (tertiary/aromatic N) is 1. The van der Waals surface area contributed by atoms with E-state index in [1.165, 1.54) is 30.7 Å². The summed E-state index contributed by atoms with van der Waals surface area (Å²) in [5, 5.41) is 2.92. The summed E-state index contributed by atoms with van der Waals surface area (Å²) in [4.78, 5) is 15.3. The minimum atomic E-state index is -3.63. The molecular formula is C23H29N3O3S. The molecule has 2 aromatic carbocycles. The number of hydrogen-bond acceptors (Lipinski definition) is 4. The van der Waals surface area contributed by atoms with Crippen molar-refractivity contribution in [1.29, 1.82) is 0 Å². The molecular weight excluding hydrogens is 398 g/mol. The predicted octanol–water partition coefficient (Wildman–Crippen LogP) is 4.07. The van der Waals surface area contributed by atoms with Crippen LogP contribution in [0.1, 0.15) is 54.4 Å². The molecule has 0 unspecified atom stereocenters. The number of anilines is 2. The Hall–Kier alpha value is -2.38. The van der Waals surface area contributed by atoms with Gasteiger partial charge >= 0.3 is 0 Å². The van der Waals surface area contributed by atoms with Crippen molar-refractivity contribution in [3.8, 4) is 0 Å². The van der Waals surface area contributed by atoms with Crippen LogP contribution in [-0.4, -0.2) is 33.5 Å². The Morgan fingerprint density at radius 2 is 1.73 bits per heavy atom. The van der Waals surface area contributed by atoms with Gasteiger partial charge < -0.3 is 10.2 Å². The van der Waals surface area contributed by atoms with Crippen molar-refractivity contribution in [2.45, 2.75) is 56.4 Å². The molecule has 6 nitrogen and oxygen atoms in total. The van der Waals surface area contributed by atoms with Crippen LogP contribution in [0.15, 0.2) is 47.4 Å². The van der Waals surface area contributed by atoms with Crippen molar-refractivity contribution in [2.24, 2.45) is 0 Å². The maximum atomic E-state index is 12.8. The summed E-state index contributed by atoms with van der Waals surface area (Å²) in [6, 6.07) is 12.3. The maximum absolute atomic E-state index is 12.8. The van der Waals surface area contributed by atoms with E-state index in [9.17, 15) is 13.2 Å². The SMILES string of the molecule is Cc1cc(N2CCCC2)ccc1NC(=O)c1cccc(S(=O)(=O)NC2CCCC2)c1. The summed E-state index contributed by atoms with van der Waals surface area (Å²) < 4.78 is 28.1. The normalized spacial score (nSPS) is 17.4. The van der Waals surface area contributed by atoms with Gasteiger partial charge in [0.2, 0.25) is 10.0 Å². The first-order valence-electron chi connectivity index (χ1n) is 10.7. The molecule has 0 radical (unpaired) electrons. The fraction of sp³-hybridized carbons (Fsp3) is 0.435. The minimum absolute atomic E-state index is 0.00995. The largest absolute Gasteiger partial charge is 0.372 e. The third kappa shape index (κ3) is 4.68. The number of nitrogens with one attached hydrogen (secondary N) is 2. The molecule has 1 amide bonds. The monoisotopic (exact) mass is 427 g/mol. The predicted molar refractivity (Wildman–Crippen MR) is 120 cm³/mol. The summed E-state index contributed by atoms with van der Waals surface area (Å²) in [5.74, 6) is -0.315. The smallest absolute Gasteiger partial charge is 0.255 e. The van der Waals surface area contributed by atoms with Crippen LogP contribution >= 0.6 is 0 Å². The van der Waals surface area contributed by atoms with E-state index in [2.05, 4.69) is 21.0 Å². The lowest BCUT2D eigenvalue weighted by molar-refractivity contribution is 0.102. The van der Waals surface area contributed by atoms with E-state index in [0.29, 0.717) is 5.56 Å². The number of sulfonamides is 1. The van der Waals surface area contributed by atoms with Crippen LogP contribution in [0.25, 0.3) is 0 Å². The average Bonchev–Trinajstić information content (AvgIpc) is 3.43. The summed E-state index contributed by atoms with van der Waals surface area (Å²) in [7, 11) is -3.63. The van der Waals surface area contributed by atoms with Crippen LogP contribution < -0.4 is 14.9 Å².